The van der Waals surface area contributed by atoms with Gasteiger partial charge in [0.25, 0.3) is 10.1 Å². The van der Waals surface area contributed by atoms with E-state index in [9.17, 15) is 13.2 Å². The molecule has 5 nitrogen and oxygen atoms in total. The molecule has 6 heteroatoms. The van der Waals surface area contributed by atoms with Gasteiger partial charge in [-0.05, 0) is 38.5 Å². The number of allylic oxidation sites excluding steroid dienone is 2. The van der Waals surface area contributed by atoms with Crippen molar-refractivity contribution in [2.75, 3.05) is 20.0 Å². The lowest BCUT2D eigenvalue weighted by Crippen LogP contribution is -2.03. The van der Waals surface area contributed by atoms with Crippen molar-refractivity contribution in [3.05, 3.63) is 12.2 Å². The van der Waals surface area contributed by atoms with Crippen LogP contribution in [0.4, 0.5) is 0 Å². The number of ether oxygens (including phenoxy) is 1. The van der Waals surface area contributed by atoms with Gasteiger partial charge >= 0.3 is 5.97 Å². The van der Waals surface area contributed by atoms with E-state index in [1.807, 2.05) is 0 Å². The van der Waals surface area contributed by atoms with E-state index in [4.69, 9.17) is 0 Å². The number of hydrogen-bond acceptors (Lipinski definition) is 5. The predicted octanol–water partition coefficient (Wildman–Crippen LogP) is 4.37. The Balaban J connectivity index is 3.20. The first-order valence-electron chi connectivity index (χ1n) is 9.02. The lowest BCUT2D eigenvalue weighted by Gasteiger charge is -2.01. The molecule has 0 saturated heterocycles. The highest BCUT2D eigenvalue weighted by Crippen LogP contribution is 2.09. The molecule has 0 aliphatic heterocycles. The summed E-state index contributed by atoms with van der Waals surface area (Å²) in [7, 11) is -1.85. The molecule has 0 rings (SSSR count). The molecular weight excluding hydrogens is 328 g/mol. The molecule has 0 heterocycles. The minimum atomic E-state index is -3.28. The van der Waals surface area contributed by atoms with E-state index in [0.717, 1.165) is 57.6 Å². The summed E-state index contributed by atoms with van der Waals surface area (Å²) in [6.45, 7) is 0.300. The van der Waals surface area contributed by atoms with Gasteiger partial charge in [-0.25, -0.2) is 0 Å². The van der Waals surface area contributed by atoms with Crippen LogP contribution in [0, 0.1) is 0 Å². The highest BCUT2D eigenvalue weighted by Gasteiger charge is 2.00. The molecule has 0 spiro atoms. The zero-order valence-electron chi connectivity index (χ0n) is 15.3. The van der Waals surface area contributed by atoms with E-state index in [1.165, 1.54) is 26.4 Å². The number of rotatable bonds is 16. The normalized spacial score (nSPS) is 11.9. The second kappa shape index (κ2) is 15.6. The van der Waals surface area contributed by atoms with Crippen LogP contribution in [0.5, 0.6) is 0 Å². The fourth-order valence-electron chi connectivity index (χ4n) is 2.33. The summed E-state index contributed by atoms with van der Waals surface area (Å²) in [4.78, 5) is 10.9. The third kappa shape index (κ3) is 19.2. The summed E-state index contributed by atoms with van der Waals surface area (Å²) in [6, 6.07) is 0. The molecular formula is C18H34O5S. The van der Waals surface area contributed by atoms with Gasteiger partial charge in [0.15, 0.2) is 0 Å². The van der Waals surface area contributed by atoms with Crippen LogP contribution in [0.2, 0.25) is 0 Å². The molecule has 0 unspecified atom stereocenters. The Morgan fingerprint density at radius 3 is 1.88 bits per heavy atom. The van der Waals surface area contributed by atoms with Crippen LogP contribution in [-0.2, 0) is 23.8 Å². The first-order valence-corrected chi connectivity index (χ1v) is 10.8. The van der Waals surface area contributed by atoms with E-state index in [1.54, 1.807) is 0 Å². The van der Waals surface area contributed by atoms with Crippen LogP contribution in [0.25, 0.3) is 0 Å². The Labute approximate surface area is 147 Å². The van der Waals surface area contributed by atoms with Crippen LogP contribution < -0.4 is 0 Å². The number of unbranched alkanes of at least 4 members (excludes halogenated alkanes) is 9. The number of hydrogen-bond donors (Lipinski definition) is 0. The fourth-order valence-corrected chi connectivity index (χ4v) is 2.75. The zero-order chi connectivity index (χ0) is 18.1. The first kappa shape index (κ1) is 23.1. The van der Waals surface area contributed by atoms with Crippen molar-refractivity contribution in [2.45, 2.75) is 77.0 Å². The molecule has 0 amide bonds. The molecule has 0 atom stereocenters. The maximum atomic E-state index is 10.9. The Morgan fingerprint density at radius 2 is 1.33 bits per heavy atom. The second-order valence-electron chi connectivity index (χ2n) is 6.08. The van der Waals surface area contributed by atoms with Gasteiger partial charge in [-0.1, -0.05) is 44.3 Å². The van der Waals surface area contributed by atoms with E-state index in [0.29, 0.717) is 13.0 Å². The maximum absolute atomic E-state index is 10.9. The molecule has 0 bridgehead atoms. The Morgan fingerprint density at radius 1 is 0.833 bits per heavy atom. The van der Waals surface area contributed by atoms with Gasteiger partial charge in [0.1, 0.15) is 0 Å². The molecule has 0 aromatic rings. The van der Waals surface area contributed by atoms with Crippen molar-refractivity contribution >= 4 is 16.1 Å². The molecule has 0 aliphatic carbocycles. The SMILES string of the molecule is COC(=O)CCCCCCCC=CCCCCCCOS(C)(=O)=O. The van der Waals surface area contributed by atoms with Gasteiger partial charge in [-0.3, -0.25) is 8.98 Å². The Hall–Kier alpha value is -0.880. The van der Waals surface area contributed by atoms with Crippen LogP contribution in [0.1, 0.15) is 77.0 Å². The smallest absolute Gasteiger partial charge is 0.305 e. The lowest BCUT2D eigenvalue weighted by atomic mass is 10.1. The highest BCUT2D eigenvalue weighted by molar-refractivity contribution is 7.85. The standard InChI is InChI=1S/C18H34O5S/c1-22-18(19)16-14-12-10-8-6-4-3-5-7-9-11-13-15-17-23-24(2,20)21/h3,5H,4,6-17H2,1-2H3. The molecule has 0 radical (unpaired) electrons. The van der Waals surface area contributed by atoms with Crippen molar-refractivity contribution in [2.24, 2.45) is 0 Å². The minimum absolute atomic E-state index is 0.110. The van der Waals surface area contributed by atoms with Gasteiger partial charge < -0.3 is 4.74 Å². The van der Waals surface area contributed by atoms with Crippen molar-refractivity contribution in [3.8, 4) is 0 Å². The van der Waals surface area contributed by atoms with E-state index < -0.39 is 10.1 Å². The third-order valence-electron chi connectivity index (χ3n) is 3.71. The number of methoxy groups -OCH3 is 1. The zero-order valence-corrected chi connectivity index (χ0v) is 16.1. The molecule has 142 valence electrons. The van der Waals surface area contributed by atoms with E-state index >= 15 is 0 Å². The van der Waals surface area contributed by atoms with Crippen LogP contribution in [-0.4, -0.2) is 34.4 Å². The average molecular weight is 363 g/mol. The van der Waals surface area contributed by atoms with Crippen molar-refractivity contribution in [1.82, 2.24) is 0 Å². The summed E-state index contributed by atoms with van der Waals surface area (Å²) < 4.78 is 30.8. The molecule has 0 aliphatic rings. The van der Waals surface area contributed by atoms with Gasteiger partial charge in [0.05, 0.1) is 20.0 Å². The average Bonchev–Trinajstić information content (AvgIpc) is 2.53. The third-order valence-corrected chi connectivity index (χ3v) is 4.30. The number of carbonyl (C=O) groups is 1. The van der Waals surface area contributed by atoms with Gasteiger partial charge in [0.2, 0.25) is 0 Å². The van der Waals surface area contributed by atoms with Gasteiger partial charge in [-0.15, -0.1) is 0 Å². The largest absolute Gasteiger partial charge is 0.469 e. The molecule has 0 saturated carbocycles. The minimum Gasteiger partial charge on any atom is -0.469 e. The summed E-state index contributed by atoms with van der Waals surface area (Å²) in [5.41, 5.74) is 0. The van der Waals surface area contributed by atoms with Crippen LogP contribution in [0.3, 0.4) is 0 Å². The maximum Gasteiger partial charge on any atom is 0.305 e. The molecule has 0 aromatic carbocycles. The molecule has 0 aromatic heterocycles. The Kier molecular flexibility index (Phi) is 15.1. The quantitative estimate of drug-likeness (QED) is 0.176. The van der Waals surface area contributed by atoms with Gasteiger partial charge in [-0.2, -0.15) is 8.42 Å². The van der Waals surface area contributed by atoms with E-state index in [2.05, 4.69) is 21.1 Å². The predicted molar refractivity (Wildman–Crippen MR) is 97.4 cm³/mol. The van der Waals surface area contributed by atoms with Crippen LogP contribution >= 0.6 is 0 Å². The van der Waals surface area contributed by atoms with Crippen molar-refractivity contribution < 1.29 is 22.1 Å². The monoisotopic (exact) mass is 362 g/mol. The molecule has 24 heavy (non-hydrogen) atoms. The Bertz CT molecular complexity index is 429. The summed E-state index contributed by atoms with van der Waals surface area (Å²) in [6.07, 6.45) is 18.0. The topological polar surface area (TPSA) is 69.7 Å². The van der Waals surface area contributed by atoms with Crippen LogP contribution in [0.15, 0.2) is 12.2 Å². The van der Waals surface area contributed by atoms with Crippen molar-refractivity contribution in [3.63, 3.8) is 0 Å². The first-order chi connectivity index (χ1) is 11.5. The van der Waals surface area contributed by atoms with E-state index in [-0.39, 0.29) is 5.97 Å². The summed E-state index contributed by atoms with van der Waals surface area (Å²) >= 11 is 0. The number of carbonyl (C=O) groups excluding carboxylic acids is 1. The summed E-state index contributed by atoms with van der Waals surface area (Å²) in [5.74, 6) is -0.110. The fraction of sp³-hybridized carbons (Fsp3) is 0.833. The molecule has 0 N–H and O–H groups in total. The lowest BCUT2D eigenvalue weighted by molar-refractivity contribution is -0.140. The second-order valence-corrected chi connectivity index (χ2v) is 7.73. The highest BCUT2D eigenvalue weighted by atomic mass is 32.2. The number of esters is 1. The van der Waals surface area contributed by atoms with Gasteiger partial charge in [0, 0.05) is 6.42 Å². The van der Waals surface area contributed by atoms with Crippen molar-refractivity contribution in [1.29, 1.82) is 0 Å². The summed E-state index contributed by atoms with van der Waals surface area (Å²) in [5, 5.41) is 0. The molecule has 0 fully saturated rings.